The Morgan fingerprint density at radius 1 is 1.29 bits per heavy atom. The number of hydrogen-bond donors (Lipinski definition) is 1. The van der Waals surface area contributed by atoms with Crippen molar-refractivity contribution in [2.24, 2.45) is 0 Å². The van der Waals surface area contributed by atoms with Crippen molar-refractivity contribution < 1.29 is 0 Å². The summed E-state index contributed by atoms with van der Waals surface area (Å²) in [6, 6.07) is 4.15. The maximum Gasteiger partial charge on any atom is 0.155 e. The van der Waals surface area contributed by atoms with Gasteiger partial charge in [-0.2, -0.15) is 10.2 Å². The topological polar surface area (TPSA) is 70.6 Å². The molecule has 1 fully saturated rings. The van der Waals surface area contributed by atoms with E-state index in [1.807, 2.05) is 6.92 Å². The van der Waals surface area contributed by atoms with Crippen molar-refractivity contribution in [3.8, 4) is 0 Å². The third kappa shape index (κ3) is 3.04. The average molecular weight is 286 g/mol. The fraction of sp³-hybridized carbons (Fsp3) is 0.600. The molecule has 112 valence electrons. The molecule has 1 aliphatic heterocycles. The molecule has 0 amide bonds. The van der Waals surface area contributed by atoms with Gasteiger partial charge in [-0.05, 0) is 37.8 Å². The van der Waals surface area contributed by atoms with Crippen LogP contribution in [0.3, 0.4) is 0 Å². The van der Waals surface area contributed by atoms with Crippen molar-refractivity contribution in [1.29, 1.82) is 0 Å². The van der Waals surface area contributed by atoms with Gasteiger partial charge in [0.05, 0.1) is 5.69 Å². The maximum absolute atomic E-state index is 4.47. The molecule has 3 rings (SSSR count). The number of aryl methyl sites for hydroxylation is 1. The second-order valence-electron chi connectivity index (χ2n) is 6.04. The molecule has 0 aliphatic carbocycles. The molecular formula is C15H22N6. The summed E-state index contributed by atoms with van der Waals surface area (Å²) in [6.45, 7) is 8.13. The zero-order valence-electron chi connectivity index (χ0n) is 12.9. The lowest BCUT2D eigenvalue weighted by atomic mass is 9.97. The first-order valence-corrected chi connectivity index (χ1v) is 7.61. The molecule has 1 atom stereocenters. The summed E-state index contributed by atoms with van der Waals surface area (Å²) in [5.41, 5.74) is 1.04. The van der Waals surface area contributed by atoms with Gasteiger partial charge >= 0.3 is 0 Å². The molecule has 1 unspecified atom stereocenters. The number of piperidine rings is 1. The van der Waals surface area contributed by atoms with Crippen LogP contribution in [0.2, 0.25) is 0 Å². The lowest BCUT2D eigenvalue weighted by molar-refractivity contribution is 0.488. The van der Waals surface area contributed by atoms with Crippen molar-refractivity contribution in [2.45, 2.75) is 45.4 Å². The van der Waals surface area contributed by atoms with E-state index in [1.54, 1.807) is 0 Å². The Kier molecular flexibility index (Phi) is 3.86. The highest BCUT2D eigenvalue weighted by Gasteiger charge is 2.25. The zero-order chi connectivity index (χ0) is 14.8. The van der Waals surface area contributed by atoms with Crippen LogP contribution >= 0.6 is 0 Å². The second kappa shape index (κ2) is 5.79. The summed E-state index contributed by atoms with van der Waals surface area (Å²) < 4.78 is 0. The summed E-state index contributed by atoms with van der Waals surface area (Å²) in [6.07, 6.45) is 2.26. The molecule has 6 nitrogen and oxygen atoms in total. The number of H-pyrrole nitrogens is 1. The molecule has 3 heterocycles. The molecule has 0 radical (unpaired) electrons. The van der Waals surface area contributed by atoms with Gasteiger partial charge < -0.3 is 4.90 Å². The van der Waals surface area contributed by atoms with Gasteiger partial charge in [-0.25, -0.2) is 4.98 Å². The normalized spacial score (nSPS) is 19.2. The minimum absolute atomic E-state index is 0.371. The van der Waals surface area contributed by atoms with Crippen LogP contribution < -0.4 is 4.90 Å². The van der Waals surface area contributed by atoms with E-state index in [1.165, 1.54) is 0 Å². The fourth-order valence-electron chi connectivity index (χ4n) is 2.75. The predicted molar refractivity (Wildman–Crippen MR) is 81.4 cm³/mol. The van der Waals surface area contributed by atoms with E-state index < -0.39 is 0 Å². The summed E-state index contributed by atoms with van der Waals surface area (Å²) in [5.74, 6) is 3.54. The van der Waals surface area contributed by atoms with E-state index in [0.29, 0.717) is 11.8 Å². The van der Waals surface area contributed by atoms with Crippen molar-refractivity contribution >= 4 is 5.82 Å². The first kappa shape index (κ1) is 14.0. The Bertz CT molecular complexity index is 588. The molecule has 2 aromatic rings. The van der Waals surface area contributed by atoms with Gasteiger partial charge in [0.2, 0.25) is 0 Å². The minimum atomic E-state index is 0.371. The van der Waals surface area contributed by atoms with Crippen LogP contribution in [0.15, 0.2) is 12.1 Å². The SMILES string of the molecule is Cc1nc(C2CCCN(c3ccc(C(C)C)nn3)C2)n[nH]1. The van der Waals surface area contributed by atoms with Gasteiger partial charge in [-0.3, -0.25) is 5.10 Å². The van der Waals surface area contributed by atoms with E-state index in [0.717, 1.165) is 49.1 Å². The number of anilines is 1. The summed E-state index contributed by atoms with van der Waals surface area (Å²) >= 11 is 0. The molecular weight excluding hydrogens is 264 g/mol. The molecule has 1 saturated heterocycles. The van der Waals surface area contributed by atoms with Crippen LogP contribution in [0.1, 0.15) is 55.9 Å². The van der Waals surface area contributed by atoms with Gasteiger partial charge in [0.1, 0.15) is 5.82 Å². The summed E-state index contributed by atoms with van der Waals surface area (Å²) in [5, 5.41) is 15.9. The van der Waals surface area contributed by atoms with Crippen LogP contribution in [0.25, 0.3) is 0 Å². The third-order valence-electron chi connectivity index (χ3n) is 3.99. The number of aromatic nitrogens is 5. The molecule has 0 bridgehead atoms. The van der Waals surface area contributed by atoms with Gasteiger partial charge in [-0.1, -0.05) is 13.8 Å². The van der Waals surface area contributed by atoms with Gasteiger partial charge in [0.25, 0.3) is 0 Å². The monoisotopic (exact) mass is 286 g/mol. The minimum Gasteiger partial charge on any atom is -0.354 e. The molecule has 1 aliphatic rings. The molecule has 0 aromatic carbocycles. The van der Waals surface area contributed by atoms with E-state index >= 15 is 0 Å². The van der Waals surface area contributed by atoms with Gasteiger partial charge in [-0.15, -0.1) is 5.10 Å². The predicted octanol–water partition coefficient (Wildman–Crippen LogP) is 2.41. The van der Waals surface area contributed by atoms with Crippen LogP contribution in [0.5, 0.6) is 0 Å². The molecule has 0 saturated carbocycles. The van der Waals surface area contributed by atoms with Crippen molar-refractivity contribution in [2.75, 3.05) is 18.0 Å². The van der Waals surface area contributed by atoms with Crippen molar-refractivity contribution in [3.05, 3.63) is 29.5 Å². The second-order valence-corrected chi connectivity index (χ2v) is 6.04. The Morgan fingerprint density at radius 3 is 2.76 bits per heavy atom. The first-order chi connectivity index (χ1) is 10.1. The maximum atomic E-state index is 4.47. The summed E-state index contributed by atoms with van der Waals surface area (Å²) in [4.78, 5) is 6.76. The molecule has 1 N–H and O–H groups in total. The molecule has 6 heteroatoms. The smallest absolute Gasteiger partial charge is 0.155 e. The van der Waals surface area contributed by atoms with Crippen molar-refractivity contribution in [1.82, 2.24) is 25.4 Å². The Labute approximate surface area is 125 Å². The highest BCUT2D eigenvalue weighted by atomic mass is 15.3. The van der Waals surface area contributed by atoms with Crippen LogP contribution in [0, 0.1) is 6.92 Å². The Balaban J connectivity index is 1.73. The molecule has 2 aromatic heterocycles. The van der Waals surface area contributed by atoms with Gasteiger partial charge in [0, 0.05) is 19.0 Å². The lowest BCUT2D eigenvalue weighted by Gasteiger charge is -2.32. The highest BCUT2D eigenvalue weighted by Crippen LogP contribution is 2.27. The number of nitrogens with one attached hydrogen (secondary N) is 1. The Hall–Kier alpha value is -1.98. The number of aromatic amines is 1. The van der Waals surface area contributed by atoms with E-state index in [9.17, 15) is 0 Å². The fourth-order valence-corrected chi connectivity index (χ4v) is 2.75. The van der Waals surface area contributed by atoms with Gasteiger partial charge in [0.15, 0.2) is 11.6 Å². The lowest BCUT2D eigenvalue weighted by Crippen LogP contribution is -2.35. The number of hydrogen-bond acceptors (Lipinski definition) is 5. The molecule has 0 spiro atoms. The quantitative estimate of drug-likeness (QED) is 0.938. The number of nitrogens with zero attached hydrogens (tertiary/aromatic N) is 5. The summed E-state index contributed by atoms with van der Waals surface area (Å²) in [7, 11) is 0. The van der Waals surface area contributed by atoms with Crippen LogP contribution in [-0.2, 0) is 0 Å². The van der Waals surface area contributed by atoms with E-state index in [-0.39, 0.29) is 0 Å². The van der Waals surface area contributed by atoms with Crippen LogP contribution in [0.4, 0.5) is 5.82 Å². The highest BCUT2D eigenvalue weighted by molar-refractivity contribution is 5.39. The first-order valence-electron chi connectivity index (χ1n) is 7.61. The average Bonchev–Trinajstić information content (AvgIpc) is 2.94. The molecule has 21 heavy (non-hydrogen) atoms. The third-order valence-corrected chi connectivity index (χ3v) is 3.99. The Morgan fingerprint density at radius 2 is 2.14 bits per heavy atom. The van der Waals surface area contributed by atoms with E-state index in [2.05, 4.69) is 56.3 Å². The van der Waals surface area contributed by atoms with Crippen molar-refractivity contribution in [3.63, 3.8) is 0 Å². The number of rotatable bonds is 3. The standard InChI is InChI=1S/C15H22N6/c1-10(2)13-6-7-14(19-18-13)21-8-4-5-12(9-21)15-16-11(3)17-20-15/h6-7,10,12H,4-5,8-9H2,1-3H3,(H,16,17,20). The largest absolute Gasteiger partial charge is 0.354 e. The van der Waals surface area contributed by atoms with E-state index in [4.69, 9.17) is 0 Å². The van der Waals surface area contributed by atoms with Crippen LogP contribution in [-0.4, -0.2) is 38.5 Å². The zero-order valence-corrected chi connectivity index (χ0v) is 12.9.